The molecule has 0 spiro atoms. The van der Waals surface area contributed by atoms with E-state index >= 15 is 0 Å². The molecular formula is C10H25I2N2WY-3. The van der Waals surface area contributed by atoms with Gasteiger partial charge in [0.2, 0.25) is 0 Å². The maximum Gasteiger partial charge on any atom is 0 e. The summed E-state index contributed by atoms with van der Waals surface area (Å²) in [6.45, 7) is 6.97. The monoisotopic (exact) mass is 700 g/mol. The zero-order valence-corrected chi connectivity index (χ0v) is 20.0. The van der Waals surface area contributed by atoms with Crippen LogP contribution in [0.3, 0.4) is 0 Å². The summed E-state index contributed by atoms with van der Waals surface area (Å²) in [5, 5.41) is 0. The van der Waals surface area contributed by atoms with E-state index in [4.69, 9.17) is 0 Å². The molecule has 0 saturated carbocycles. The Morgan fingerprint density at radius 1 is 1.31 bits per heavy atom. The fourth-order valence-electron chi connectivity index (χ4n) is 0.474. The Kier molecular flexibility index (Phi) is 70.4. The molecule has 0 unspecified atom stereocenters. The van der Waals surface area contributed by atoms with E-state index in [2.05, 4.69) is 63.2 Å². The maximum absolute atomic E-state index is 3.55. The molecule has 1 saturated heterocycles. The zero-order chi connectivity index (χ0) is 9.98. The molecular weight excluding hydrogens is 675 g/mol. The predicted octanol–water partition coefficient (Wildman–Crippen LogP) is 3.72. The molecule has 0 atom stereocenters. The third-order valence-electron chi connectivity index (χ3n) is 1.46. The van der Waals surface area contributed by atoms with Gasteiger partial charge in [-0.25, -0.2) is 0 Å². The van der Waals surface area contributed by atoms with Crippen molar-refractivity contribution in [3.05, 3.63) is 21.4 Å². The molecule has 1 rings (SSSR count). The molecule has 0 aromatic heterocycles. The first kappa shape index (κ1) is 36.5. The van der Waals surface area contributed by atoms with E-state index in [1.807, 2.05) is 7.05 Å². The van der Waals surface area contributed by atoms with E-state index in [1.165, 1.54) is 19.5 Å². The minimum atomic E-state index is 0. The van der Waals surface area contributed by atoms with Crippen LogP contribution in [0.4, 0.5) is 0 Å². The molecule has 0 aromatic rings. The van der Waals surface area contributed by atoms with Crippen molar-refractivity contribution in [1.82, 2.24) is 9.80 Å². The second kappa shape index (κ2) is 30.9. The molecule has 1 aliphatic heterocycles. The van der Waals surface area contributed by atoms with Crippen LogP contribution in [0.1, 0.15) is 13.8 Å². The van der Waals surface area contributed by atoms with E-state index in [1.54, 1.807) is 4.90 Å². The van der Waals surface area contributed by atoms with Crippen LogP contribution in [0.15, 0.2) is 0 Å². The van der Waals surface area contributed by atoms with Gasteiger partial charge in [0.25, 0.3) is 0 Å². The van der Waals surface area contributed by atoms with Crippen LogP contribution in [-0.4, -0.2) is 43.5 Å². The van der Waals surface area contributed by atoms with Crippen molar-refractivity contribution >= 4 is 37.2 Å². The summed E-state index contributed by atoms with van der Waals surface area (Å²) >= 11 is 4.24. The largest absolute Gasteiger partial charge is 0.487 e. The quantitative estimate of drug-likeness (QED) is 0.305. The summed E-state index contributed by atoms with van der Waals surface area (Å²) in [6.07, 6.45) is 1.41. The number of rotatable bonds is 1. The van der Waals surface area contributed by atoms with Crippen LogP contribution in [0.5, 0.6) is 0 Å². The predicted molar refractivity (Wildman–Crippen MR) is 86.6 cm³/mol. The molecule has 1 fully saturated rings. The SMILES string of the molecule is C.CN1CCC1.II.[CH2-]CN([CH2-])C.[CH3-].[W].[Y]. The number of nitrogens with zero attached hydrogens (tertiary/aromatic N) is 2. The van der Waals surface area contributed by atoms with Crippen LogP contribution in [0.25, 0.3) is 0 Å². The summed E-state index contributed by atoms with van der Waals surface area (Å²) in [7, 11) is 7.55. The van der Waals surface area contributed by atoms with Gasteiger partial charge < -0.3 is 24.2 Å². The number of hydrogen-bond donors (Lipinski definition) is 0. The molecule has 0 bridgehead atoms. The summed E-state index contributed by atoms with van der Waals surface area (Å²) in [6, 6.07) is 0. The standard InChI is InChI=1S/2C4H9N.CH4.CH3.I2.W.Y/c1-5-3-2-4-5;1-4-5(2)3;;;1-2;;/h2-4H2,1H3;1-2,4H2,3H3;1H4;1H3;;;/q;-2;;-1;;;. The molecule has 0 amide bonds. The van der Waals surface area contributed by atoms with Crippen molar-refractivity contribution in [2.24, 2.45) is 0 Å². The molecule has 1 radical (unpaired) electrons. The van der Waals surface area contributed by atoms with Gasteiger partial charge in [-0.15, -0.1) is 0 Å². The number of hydrogen-bond acceptors (Lipinski definition) is 2. The van der Waals surface area contributed by atoms with Crippen molar-refractivity contribution in [2.45, 2.75) is 13.8 Å². The molecule has 6 heteroatoms. The smallest absolute Gasteiger partial charge is 0 e. The number of likely N-dealkylation sites (tertiary alicyclic amines) is 1. The van der Waals surface area contributed by atoms with Gasteiger partial charge >= 0.3 is 0 Å². The third kappa shape index (κ3) is 36.0. The minimum absolute atomic E-state index is 0. The first-order chi connectivity index (χ1) is 5.66. The second-order valence-corrected chi connectivity index (χ2v) is 2.74. The van der Waals surface area contributed by atoms with Gasteiger partial charge in [-0.05, 0) is 33.6 Å². The molecule has 0 N–H and O–H groups in total. The van der Waals surface area contributed by atoms with Crippen LogP contribution >= 0.6 is 37.2 Å². The van der Waals surface area contributed by atoms with Crippen molar-refractivity contribution < 1.29 is 53.8 Å². The number of halogens is 2. The van der Waals surface area contributed by atoms with E-state index in [9.17, 15) is 0 Å². The molecule has 16 heavy (non-hydrogen) atoms. The van der Waals surface area contributed by atoms with Crippen LogP contribution in [0, 0.1) is 21.4 Å². The van der Waals surface area contributed by atoms with Gasteiger partial charge in [0.05, 0.1) is 0 Å². The van der Waals surface area contributed by atoms with E-state index in [0.717, 1.165) is 6.54 Å². The second-order valence-electron chi connectivity index (χ2n) is 2.74. The van der Waals surface area contributed by atoms with Gasteiger partial charge in [-0.2, -0.15) is 6.54 Å². The molecule has 0 aliphatic carbocycles. The molecule has 1 aliphatic rings. The average molecular weight is 700 g/mol. The fourth-order valence-corrected chi connectivity index (χ4v) is 0.474. The van der Waals surface area contributed by atoms with Crippen LogP contribution in [-0.2, 0) is 53.8 Å². The van der Waals surface area contributed by atoms with E-state index < -0.39 is 0 Å². The van der Waals surface area contributed by atoms with Crippen LogP contribution in [0.2, 0.25) is 0 Å². The minimum Gasteiger partial charge on any atom is -0.487 e. The van der Waals surface area contributed by atoms with Gasteiger partial charge in [-0.3, -0.25) is 7.05 Å². The van der Waals surface area contributed by atoms with Gasteiger partial charge in [0.15, 0.2) is 0 Å². The molecule has 101 valence electrons. The Hall–Kier alpha value is 3.17. The van der Waals surface area contributed by atoms with Gasteiger partial charge in [0, 0.05) is 91.0 Å². The Morgan fingerprint density at radius 3 is 1.50 bits per heavy atom. The maximum atomic E-state index is 3.55. The molecule has 2 nitrogen and oxygen atoms in total. The summed E-state index contributed by atoms with van der Waals surface area (Å²) in [5.74, 6) is 0. The van der Waals surface area contributed by atoms with E-state index in [0.29, 0.717) is 0 Å². The topological polar surface area (TPSA) is 6.48 Å². The fraction of sp³-hybridized carbons (Fsp3) is 0.700. The zero-order valence-electron chi connectivity index (χ0n) is 9.88. The van der Waals surface area contributed by atoms with Crippen molar-refractivity contribution in [1.29, 1.82) is 0 Å². The van der Waals surface area contributed by atoms with Gasteiger partial charge in [-0.1, -0.05) is 7.43 Å². The normalized spacial score (nSPS) is 11.4. The Balaban J connectivity index is -0.0000000222. The van der Waals surface area contributed by atoms with E-state index in [-0.39, 0.29) is 68.6 Å². The van der Waals surface area contributed by atoms with Crippen LogP contribution < -0.4 is 0 Å². The first-order valence-electron chi connectivity index (χ1n) is 3.80. The van der Waals surface area contributed by atoms with Crippen molar-refractivity contribution in [3.8, 4) is 0 Å². The molecule has 0 aromatic carbocycles. The molecule has 1 heterocycles. The third-order valence-corrected chi connectivity index (χ3v) is 1.46. The summed E-state index contributed by atoms with van der Waals surface area (Å²) in [4.78, 5) is 4.07. The Bertz CT molecular complexity index is 83.2. The first-order valence-corrected chi connectivity index (χ1v) is 10.1. The Labute approximate surface area is 167 Å². The average Bonchev–Trinajstić information content (AvgIpc) is 2.05. The van der Waals surface area contributed by atoms with Crippen molar-refractivity contribution in [2.75, 3.05) is 33.7 Å². The van der Waals surface area contributed by atoms with Crippen molar-refractivity contribution in [3.63, 3.8) is 0 Å². The Morgan fingerprint density at radius 2 is 1.50 bits per heavy atom. The summed E-state index contributed by atoms with van der Waals surface area (Å²) in [5.41, 5.74) is 0. The summed E-state index contributed by atoms with van der Waals surface area (Å²) < 4.78 is 0. The van der Waals surface area contributed by atoms with Gasteiger partial charge in [0.1, 0.15) is 0 Å².